The molecule has 2 aliphatic carbocycles. The molecule has 0 spiro atoms. The van der Waals surface area contributed by atoms with E-state index in [2.05, 4.69) is 24.3 Å². The second-order valence-electron chi connectivity index (χ2n) is 6.52. The third kappa shape index (κ3) is 2.48. The number of nitrogens with one attached hydrogen (secondary N) is 1. The maximum atomic E-state index is 12.5. The Labute approximate surface area is 120 Å². The molecule has 20 heavy (non-hydrogen) atoms. The van der Waals surface area contributed by atoms with Gasteiger partial charge in [0.1, 0.15) is 5.76 Å². The van der Waals surface area contributed by atoms with Crippen LogP contribution in [0.2, 0.25) is 0 Å². The average molecular weight is 276 g/mol. The molecule has 1 aromatic heterocycles. The summed E-state index contributed by atoms with van der Waals surface area (Å²) < 4.78 is 5.34. The van der Waals surface area contributed by atoms with Crippen molar-refractivity contribution < 1.29 is 9.32 Å². The summed E-state index contributed by atoms with van der Waals surface area (Å²) in [5.74, 6) is 1.98. The van der Waals surface area contributed by atoms with Gasteiger partial charge in [-0.3, -0.25) is 4.79 Å². The molecule has 1 fully saturated rings. The van der Waals surface area contributed by atoms with Crippen LogP contribution in [0.4, 0.5) is 0 Å². The number of amides is 1. The van der Waals surface area contributed by atoms with Crippen LogP contribution in [0.5, 0.6) is 0 Å². The summed E-state index contributed by atoms with van der Waals surface area (Å²) >= 11 is 0. The number of fused-ring (bicyclic) bond motifs is 1. The van der Waals surface area contributed by atoms with E-state index >= 15 is 0 Å². The number of rotatable bonds is 2. The molecule has 2 unspecified atom stereocenters. The number of carbonyl (C=O) groups excluding carboxylic acids is 1. The quantitative estimate of drug-likeness (QED) is 0.903. The van der Waals surface area contributed by atoms with Crippen molar-refractivity contribution in [2.75, 3.05) is 0 Å². The van der Waals surface area contributed by atoms with E-state index in [1.54, 1.807) is 0 Å². The highest BCUT2D eigenvalue weighted by atomic mass is 16.5. The van der Waals surface area contributed by atoms with Crippen LogP contribution in [0, 0.1) is 11.8 Å². The van der Waals surface area contributed by atoms with Gasteiger partial charge in [-0.2, -0.15) is 0 Å². The van der Waals surface area contributed by atoms with Gasteiger partial charge in [0.15, 0.2) is 5.69 Å². The zero-order valence-electron chi connectivity index (χ0n) is 12.4. The smallest absolute Gasteiger partial charge is 0.274 e. The van der Waals surface area contributed by atoms with Gasteiger partial charge in [-0.1, -0.05) is 25.4 Å². The molecule has 0 bridgehead atoms. The highest BCUT2D eigenvalue weighted by Gasteiger charge is 2.31. The molecule has 2 aliphatic rings. The maximum absolute atomic E-state index is 12.5. The monoisotopic (exact) mass is 276 g/mol. The van der Waals surface area contributed by atoms with E-state index in [9.17, 15) is 4.79 Å². The zero-order valence-corrected chi connectivity index (χ0v) is 12.4. The Morgan fingerprint density at radius 1 is 1.15 bits per heavy atom. The second-order valence-corrected chi connectivity index (χ2v) is 6.52. The minimum absolute atomic E-state index is 0.0394. The lowest BCUT2D eigenvalue weighted by Gasteiger charge is -2.35. The summed E-state index contributed by atoms with van der Waals surface area (Å²) in [5, 5.41) is 7.24. The van der Waals surface area contributed by atoms with Crippen molar-refractivity contribution in [3.8, 4) is 0 Å². The molecular formula is C16H24N2O2. The maximum Gasteiger partial charge on any atom is 0.274 e. The minimum atomic E-state index is -0.0394. The van der Waals surface area contributed by atoms with E-state index in [4.69, 9.17) is 4.52 Å². The number of hydrogen-bond donors (Lipinski definition) is 1. The SMILES string of the molecule is CC1CCCC(C)C1NC(=O)c1noc2c1CCCC2. The molecule has 0 aliphatic heterocycles. The highest BCUT2D eigenvalue weighted by molar-refractivity contribution is 5.94. The fraction of sp³-hybridized carbons (Fsp3) is 0.750. The van der Waals surface area contributed by atoms with Crippen LogP contribution >= 0.6 is 0 Å². The Hall–Kier alpha value is -1.32. The van der Waals surface area contributed by atoms with Crippen LogP contribution in [0.3, 0.4) is 0 Å². The first-order valence-corrected chi connectivity index (χ1v) is 7.95. The Bertz CT molecular complexity index is 485. The fourth-order valence-electron chi connectivity index (χ4n) is 3.75. The van der Waals surface area contributed by atoms with Crippen molar-refractivity contribution in [3.05, 3.63) is 17.0 Å². The molecule has 4 heteroatoms. The molecule has 2 atom stereocenters. The van der Waals surface area contributed by atoms with Crippen molar-refractivity contribution in [3.63, 3.8) is 0 Å². The summed E-state index contributed by atoms with van der Waals surface area (Å²) in [5.41, 5.74) is 1.58. The molecule has 1 N–H and O–H groups in total. The molecule has 0 saturated heterocycles. The largest absolute Gasteiger partial charge is 0.360 e. The average Bonchev–Trinajstić information content (AvgIpc) is 2.87. The summed E-state index contributed by atoms with van der Waals surface area (Å²) in [6.45, 7) is 4.47. The van der Waals surface area contributed by atoms with E-state index < -0.39 is 0 Å². The van der Waals surface area contributed by atoms with Crippen molar-refractivity contribution >= 4 is 5.91 Å². The van der Waals surface area contributed by atoms with E-state index in [1.807, 2.05) is 0 Å². The molecule has 1 aromatic rings. The Morgan fingerprint density at radius 3 is 2.60 bits per heavy atom. The number of aryl methyl sites for hydroxylation is 1. The van der Waals surface area contributed by atoms with Gasteiger partial charge in [-0.15, -0.1) is 0 Å². The number of aromatic nitrogens is 1. The van der Waals surface area contributed by atoms with Gasteiger partial charge in [-0.05, 0) is 43.9 Å². The first-order chi connectivity index (χ1) is 9.66. The zero-order chi connectivity index (χ0) is 14.1. The summed E-state index contributed by atoms with van der Waals surface area (Å²) in [6.07, 6.45) is 7.79. The van der Waals surface area contributed by atoms with Gasteiger partial charge in [0, 0.05) is 18.0 Å². The Kier molecular flexibility index (Phi) is 3.81. The predicted molar refractivity (Wildman–Crippen MR) is 76.6 cm³/mol. The normalized spacial score (nSPS) is 29.8. The number of carbonyl (C=O) groups is 1. The molecular weight excluding hydrogens is 252 g/mol. The van der Waals surface area contributed by atoms with E-state index in [0.29, 0.717) is 17.5 Å². The molecule has 1 heterocycles. The van der Waals surface area contributed by atoms with Crippen LogP contribution in [0.1, 0.15) is 67.8 Å². The Morgan fingerprint density at radius 2 is 1.85 bits per heavy atom. The Balaban J connectivity index is 1.74. The predicted octanol–water partition coefficient (Wildman–Crippen LogP) is 3.11. The lowest BCUT2D eigenvalue weighted by molar-refractivity contribution is 0.0870. The lowest BCUT2D eigenvalue weighted by atomic mass is 9.78. The van der Waals surface area contributed by atoms with Crippen molar-refractivity contribution in [2.45, 2.75) is 64.8 Å². The number of nitrogens with zero attached hydrogens (tertiary/aromatic N) is 1. The van der Waals surface area contributed by atoms with Crippen molar-refractivity contribution in [1.82, 2.24) is 10.5 Å². The van der Waals surface area contributed by atoms with Gasteiger partial charge in [0.05, 0.1) is 0 Å². The van der Waals surface area contributed by atoms with Crippen molar-refractivity contribution in [1.29, 1.82) is 0 Å². The molecule has 1 amide bonds. The van der Waals surface area contributed by atoms with Gasteiger partial charge < -0.3 is 9.84 Å². The minimum Gasteiger partial charge on any atom is -0.360 e. The number of hydrogen-bond acceptors (Lipinski definition) is 3. The van der Waals surface area contributed by atoms with Gasteiger partial charge in [-0.25, -0.2) is 0 Å². The van der Waals surface area contributed by atoms with E-state index in [0.717, 1.165) is 37.0 Å². The third-order valence-electron chi connectivity index (χ3n) is 5.01. The van der Waals surface area contributed by atoms with E-state index in [-0.39, 0.29) is 11.9 Å². The molecule has 0 aromatic carbocycles. The van der Waals surface area contributed by atoms with Crippen molar-refractivity contribution in [2.24, 2.45) is 11.8 Å². The molecule has 110 valence electrons. The fourth-order valence-corrected chi connectivity index (χ4v) is 3.75. The molecule has 4 nitrogen and oxygen atoms in total. The topological polar surface area (TPSA) is 55.1 Å². The van der Waals surface area contributed by atoms with Gasteiger partial charge >= 0.3 is 0 Å². The van der Waals surface area contributed by atoms with Crippen LogP contribution in [0.25, 0.3) is 0 Å². The molecule has 1 saturated carbocycles. The standard InChI is InChI=1S/C16H24N2O2/c1-10-6-5-7-11(2)14(10)17-16(19)15-12-8-3-4-9-13(12)20-18-15/h10-11,14H,3-9H2,1-2H3,(H,17,19). The van der Waals surface area contributed by atoms with Gasteiger partial charge in [0.25, 0.3) is 5.91 Å². The van der Waals surface area contributed by atoms with Crippen LogP contribution in [-0.4, -0.2) is 17.1 Å². The first-order valence-electron chi connectivity index (χ1n) is 7.95. The molecule has 3 rings (SSSR count). The van der Waals surface area contributed by atoms with Crippen LogP contribution in [-0.2, 0) is 12.8 Å². The van der Waals surface area contributed by atoms with E-state index in [1.165, 1.54) is 19.3 Å². The highest BCUT2D eigenvalue weighted by Crippen LogP contribution is 2.30. The molecule has 0 radical (unpaired) electrons. The summed E-state index contributed by atoms with van der Waals surface area (Å²) in [4.78, 5) is 12.5. The lowest BCUT2D eigenvalue weighted by Crippen LogP contribution is -2.46. The summed E-state index contributed by atoms with van der Waals surface area (Å²) in [7, 11) is 0. The third-order valence-corrected chi connectivity index (χ3v) is 5.01. The van der Waals surface area contributed by atoms with Gasteiger partial charge in [0.2, 0.25) is 0 Å². The van der Waals surface area contributed by atoms with Crippen LogP contribution in [0.15, 0.2) is 4.52 Å². The first kappa shape index (κ1) is 13.7. The van der Waals surface area contributed by atoms with Crippen LogP contribution < -0.4 is 5.32 Å². The second kappa shape index (κ2) is 5.58. The summed E-state index contributed by atoms with van der Waals surface area (Å²) in [6, 6.07) is 0.271.